The molecule has 1 aliphatic carbocycles. The Morgan fingerprint density at radius 3 is 2.85 bits per heavy atom. The van der Waals surface area contributed by atoms with Gasteiger partial charge in [0.15, 0.2) is 5.96 Å². The molecule has 138 valence electrons. The number of guanidine groups is 1. The Bertz CT molecular complexity index is 753. The Balaban J connectivity index is 1.30. The van der Waals surface area contributed by atoms with E-state index >= 15 is 0 Å². The molecule has 2 aliphatic rings. The second-order valence-corrected chi connectivity index (χ2v) is 7.29. The van der Waals surface area contributed by atoms with E-state index in [2.05, 4.69) is 32.4 Å². The van der Waals surface area contributed by atoms with Gasteiger partial charge in [0, 0.05) is 37.3 Å². The lowest BCUT2D eigenvalue weighted by molar-refractivity contribution is 0.256. The summed E-state index contributed by atoms with van der Waals surface area (Å²) in [6.45, 7) is 4.02. The number of nitrogens with zero attached hydrogens (tertiary/aromatic N) is 3. The van der Waals surface area contributed by atoms with Crippen LogP contribution in [0.5, 0.6) is 0 Å². The highest BCUT2D eigenvalue weighted by Gasteiger charge is 2.38. The maximum absolute atomic E-state index is 5.59. The van der Waals surface area contributed by atoms with E-state index in [1.807, 2.05) is 37.4 Å². The summed E-state index contributed by atoms with van der Waals surface area (Å²) in [5.74, 6) is 1.47. The van der Waals surface area contributed by atoms with Gasteiger partial charge in [0.2, 0.25) is 5.89 Å². The average Bonchev–Trinajstić information content (AvgIpc) is 3.28. The molecule has 2 aromatic rings. The van der Waals surface area contributed by atoms with E-state index in [-0.39, 0.29) is 0 Å². The van der Waals surface area contributed by atoms with Crippen molar-refractivity contribution in [3.63, 3.8) is 0 Å². The highest BCUT2D eigenvalue weighted by Crippen LogP contribution is 2.33. The van der Waals surface area contributed by atoms with Crippen molar-refractivity contribution in [2.45, 2.75) is 50.9 Å². The van der Waals surface area contributed by atoms with Crippen LogP contribution in [0.25, 0.3) is 11.5 Å². The third-order valence-corrected chi connectivity index (χ3v) is 5.21. The molecule has 1 saturated carbocycles. The third kappa shape index (κ3) is 3.90. The van der Waals surface area contributed by atoms with Crippen molar-refractivity contribution in [1.29, 1.82) is 0 Å². The van der Waals surface area contributed by atoms with E-state index in [0.717, 1.165) is 29.8 Å². The van der Waals surface area contributed by atoms with Gasteiger partial charge in [-0.25, -0.2) is 4.98 Å². The van der Waals surface area contributed by atoms with Crippen molar-refractivity contribution in [3.8, 4) is 11.5 Å². The first-order chi connectivity index (χ1) is 12.7. The number of benzene rings is 1. The highest BCUT2D eigenvalue weighted by molar-refractivity contribution is 5.80. The summed E-state index contributed by atoms with van der Waals surface area (Å²) in [4.78, 5) is 11.5. The van der Waals surface area contributed by atoms with Crippen LogP contribution in [0.15, 0.2) is 46.0 Å². The molecule has 2 N–H and O–H groups in total. The lowest BCUT2D eigenvalue weighted by Gasteiger charge is -2.20. The molecule has 2 unspecified atom stereocenters. The topological polar surface area (TPSA) is 65.7 Å². The highest BCUT2D eigenvalue weighted by atomic mass is 16.3. The minimum Gasteiger partial charge on any atom is -0.444 e. The minimum atomic E-state index is 0.453. The second-order valence-electron chi connectivity index (χ2n) is 7.29. The minimum absolute atomic E-state index is 0.453. The van der Waals surface area contributed by atoms with Crippen LogP contribution in [0.1, 0.15) is 31.9 Å². The molecule has 4 rings (SSSR count). The van der Waals surface area contributed by atoms with Gasteiger partial charge in [0.25, 0.3) is 0 Å². The first kappa shape index (κ1) is 17.1. The molecule has 26 heavy (non-hydrogen) atoms. The Kier molecular flexibility index (Phi) is 4.93. The molecule has 0 spiro atoms. The summed E-state index contributed by atoms with van der Waals surface area (Å²) in [6.07, 6.45) is 5.59. The number of hydrogen-bond donors (Lipinski definition) is 2. The molecule has 2 fully saturated rings. The molecular formula is C20H27N5O. The van der Waals surface area contributed by atoms with Crippen LogP contribution in [-0.2, 0) is 6.54 Å². The van der Waals surface area contributed by atoms with E-state index in [0.29, 0.717) is 24.5 Å². The van der Waals surface area contributed by atoms with E-state index in [4.69, 9.17) is 4.42 Å². The molecule has 0 bridgehead atoms. The summed E-state index contributed by atoms with van der Waals surface area (Å²) in [6, 6.07) is 11.9. The molecular weight excluding hydrogens is 326 g/mol. The number of hydrogen-bond acceptors (Lipinski definition) is 4. The predicted molar refractivity (Wildman–Crippen MR) is 103 cm³/mol. The van der Waals surface area contributed by atoms with Gasteiger partial charge >= 0.3 is 0 Å². The summed E-state index contributed by atoms with van der Waals surface area (Å²) in [5, 5.41) is 6.91. The molecule has 0 radical (unpaired) electrons. The van der Waals surface area contributed by atoms with Crippen molar-refractivity contribution in [3.05, 3.63) is 42.3 Å². The third-order valence-electron chi connectivity index (χ3n) is 5.21. The molecule has 1 aliphatic heterocycles. The van der Waals surface area contributed by atoms with Crippen LogP contribution in [0, 0.1) is 0 Å². The first-order valence-electron chi connectivity index (χ1n) is 9.45. The quantitative estimate of drug-likeness (QED) is 0.639. The number of aliphatic imine (C=N–C) groups is 1. The Hall–Kier alpha value is -2.34. The zero-order chi connectivity index (χ0) is 17.9. The average molecular weight is 353 g/mol. The van der Waals surface area contributed by atoms with Gasteiger partial charge in [-0.05, 0) is 38.3 Å². The molecule has 1 aromatic carbocycles. The fourth-order valence-corrected chi connectivity index (χ4v) is 3.74. The van der Waals surface area contributed by atoms with E-state index in [1.165, 1.54) is 19.3 Å². The maximum Gasteiger partial charge on any atom is 0.226 e. The SMILES string of the molecule is CN=C(NCc1coc(-c2ccccc2)n1)NC1CC(C)N(C2CC2)C1. The van der Waals surface area contributed by atoms with Gasteiger partial charge in [-0.15, -0.1) is 0 Å². The summed E-state index contributed by atoms with van der Waals surface area (Å²) in [7, 11) is 1.81. The Morgan fingerprint density at radius 1 is 1.31 bits per heavy atom. The normalized spacial score (nSPS) is 24.0. The first-order valence-corrected chi connectivity index (χ1v) is 9.45. The Morgan fingerprint density at radius 2 is 2.12 bits per heavy atom. The fraction of sp³-hybridized carbons (Fsp3) is 0.500. The van der Waals surface area contributed by atoms with E-state index in [1.54, 1.807) is 6.26 Å². The van der Waals surface area contributed by atoms with Crippen molar-refractivity contribution in [2.24, 2.45) is 4.99 Å². The van der Waals surface area contributed by atoms with Crippen molar-refractivity contribution in [2.75, 3.05) is 13.6 Å². The lowest BCUT2D eigenvalue weighted by atomic mass is 10.2. The number of nitrogens with one attached hydrogen (secondary N) is 2. The van der Waals surface area contributed by atoms with Crippen molar-refractivity contribution < 1.29 is 4.42 Å². The van der Waals surface area contributed by atoms with Crippen molar-refractivity contribution >= 4 is 5.96 Å². The summed E-state index contributed by atoms with van der Waals surface area (Å²) in [5.41, 5.74) is 1.85. The maximum atomic E-state index is 5.59. The molecule has 1 saturated heterocycles. The molecule has 6 heteroatoms. The van der Waals surface area contributed by atoms with Gasteiger partial charge < -0.3 is 15.1 Å². The van der Waals surface area contributed by atoms with Gasteiger partial charge in [-0.2, -0.15) is 0 Å². The summed E-state index contributed by atoms with van der Waals surface area (Å²) < 4.78 is 5.59. The van der Waals surface area contributed by atoms with Gasteiger partial charge in [0.05, 0.1) is 12.2 Å². The fourth-order valence-electron chi connectivity index (χ4n) is 3.74. The van der Waals surface area contributed by atoms with Crippen LogP contribution in [-0.4, -0.2) is 47.6 Å². The number of aromatic nitrogens is 1. The standard InChI is InChI=1S/C20H27N5O/c1-14-10-16(12-25(14)18-8-9-18)24-20(21-2)22-11-17-13-26-19(23-17)15-6-4-3-5-7-15/h3-7,13-14,16,18H,8-12H2,1-2H3,(H2,21,22,24). The van der Waals surface area contributed by atoms with Crippen LogP contribution < -0.4 is 10.6 Å². The lowest BCUT2D eigenvalue weighted by Crippen LogP contribution is -2.44. The largest absolute Gasteiger partial charge is 0.444 e. The van der Waals surface area contributed by atoms with Gasteiger partial charge in [-0.3, -0.25) is 9.89 Å². The zero-order valence-corrected chi connectivity index (χ0v) is 15.5. The number of oxazole rings is 1. The second kappa shape index (κ2) is 7.50. The molecule has 2 atom stereocenters. The zero-order valence-electron chi connectivity index (χ0n) is 15.5. The number of likely N-dealkylation sites (tertiary alicyclic amines) is 1. The van der Waals surface area contributed by atoms with Crippen LogP contribution >= 0.6 is 0 Å². The van der Waals surface area contributed by atoms with Crippen LogP contribution in [0.4, 0.5) is 0 Å². The smallest absolute Gasteiger partial charge is 0.226 e. The van der Waals surface area contributed by atoms with Crippen LogP contribution in [0.3, 0.4) is 0 Å². The van der Waals surface area contributed by atoms with Gasteiger partial charge in [0.1, 0.15) is 6.26 Å². The molecule has 6 nitrogen and oxygen atoms in total. The summed E-state index contributed by atoms with van der Waals surface area (Å²) >= 11 is 0. The Labute approximate surface area is 154 Å². The van der Waals surface area contributed by atoms with E-state index in [9.17, 15) is 0 Å². The predicted octanol–water partition coefficient (Wildman–Crippen LogP) is 2.63. The van der Waals surface area contributed by atoms with E-state index < -0.39 is 0 Å². The number of rotatable bonds is 5. The molecule has 2 heterocycles. The molecule has 1 aromatic heterocycles. The van der Waals surface area contributed by atoms with Crippen molar-refractivity contribution in [1.82, 2.24) is 20.5 Å². The molecule has 0 amide bonds. The monoisotopic (exact) mass is 353 g/mol. The van der Waals surface area contributed by atoms with Gasteiger partial charge in [-0.1, -0.05) is 18.2 Å². The van der Waals surface area contributed by atoms with Crippen LogP contribution in [0.2, 0.25) is 0 Å².